The largest absolute Gasteiger partial charge is 0.351 e. The number of aromatic amines is 1. The zero-order valence-electron chi connectivity index (χ0n) is 7.92. The second-order valence-electron chi connectivity index (χ2n) is 3.08. The van der Waals surface area contributed by atoms with Crippen LogP contribution < -0.4 is 0 Å². The van der Waals surface area contributed by atoms with E-state index in [-0.39, 0.29) is 5.82 Å². The first-order chi connectivity index (χ1) is 6.83. The quantitative estimate of drug-likeness (QED) is 0.775. The standard InChI is InChI=1S/C11H11FN2/c1-2-8-4-3-5-9(12)11(8)10-6-13-7-14-10/h3-7H,2H2,1H3,(H,13,14). The van der Waals surface area contributed by atoms with Gasteiger partial charge in [-0.2, -0.15) is 0 Å². The van der Waals surface area contributed by atoms with E-state index in [1.165, 1.54) is 6.07 Å². The summed E-state index contributed by atoms with van der Waals surface area (Å²) >= 11 is 0. The summed E-state index contributed by atoms with van der Waals surface area (Å²) in [4.78, 5) is 6.89. The first-order valence-electron chi connectivity index (χ1n) is 4.59. The summed E-state index contributed by atoms with van der Waals surface area (Å²) in [6.07, 6.45) is 4.07. The fraction of sp³-hybridized carbons (Fsp3) is 0.182. The molecule has 0 aliphatic rings. The molecule has 1 heterocycles. The van der Waals surface area contributed by atoms with Gasteiger partial charge in [0.25, 0.3) is 0 Å². The number of imidazole rings is 1. The van der Waals surface area contributed by atoms with Crippen LogP contribution in [-0.2, 0) is 6.42 Å². The van der Waals surface area contributed by atoms with Crippen LogP contribution in [0.5, 0.6) is 0 Å². The van der Waals surface area contributed by atoms with Crippen LogP contribution in [0.4, 0.5) is 4.39 Å². The van der Waals surface area contributed by atoms with Gasteiger partial charge in [-0.05, 0) is 18.1 Å². The summed E-state index contributed by atoms with van der Waals surface area (Å²) in [5, 5.41) is 0. The van der Waals surface area contributed by atoms with Crippen molar-refractivity contribution in [2.45, 2.75) is 13.3 Å². The molecule has 0 fully saturated rings. The van der Waals surface area contributed by atoms with Crippen LogP contribution in [0.25, 0.3) is 11.3 Å². The fourth-order valence-corrected chi connectivity index (χ4v) is 1.55. The van der Waals surface area contributed by atoms with Crippen molar-refractivity contribution in [3.8, 4) is 11.3 Å². The minimum atomic E-state index is -0.212. The number of aryl methyl sites for hydroxylation is 1. The number of benzene rings is 1. The lowest BCUT2D eigenvalue weighted by Crippen LogP contribution is -1.91. The molecule has 0 aliphatic heterocycles. The molecule has 1 aromatic carbocycles. The normalized spacial score (nSPS) is 10.4. The fourth-order valence-electron chi connectivity index (χ4n) is 1.55. The van der Waals surface area contributed by atoms with Crippen LogP contribution in [0.3, 0.4) is 0 Å². The second kappa shape index (κ2) is 3.62. The van der Waals surface area contributed by atoms with Gasteiger partial charge in [0.05, 0.1) is 12.0 Å². The molecule has 0 saturated carbocycles. The molecule has 14 heavy (non-hydrogen) atoms. The molecule has 0 amide bonds. The minimum absolute atomic E-state index is 0.212. The Morgan fingerprint density at radius 1 is 1.43 bits per heavy atom. The van der Waals surface area contributed by atoms with E-state index in [0.29, 0.717) is 11.3 Å². The van der Waals surface area contributed by atoms with Crippen LogP contribution in [-0.4, -0.2) is 9.97 Å². The smallest absolute Gasteiger partial charge is 0.132 e. The van der Waals surface area contributed by atoms with Crippen molar-refractivity contribution in [2.75, 3.05) is 0 Å². The molecule has 0 bridgehead atoms. The summed E-state index contributed by atoms with van der Waals surface area (Å²) in [6.45, 7) is 2.00. The summed E-state index contributed by atoms with van der Waals surface area (Å²) in [6, 6.07) is 5.11. The summed E-state index contributed by atoms with van der Waals surface area (Å²) in [5.41, 5.74) is 2.26. The molecule has 2 rings (SSSR count). The number of nitrogens with one attached hydrogen (secondary N) is 1. The maximum absolute atomic E-state index is 13.5. The lowest BCUT2D eigenvalue weighted by Gasteiger charge is -2.05. The van der Waals surface area contributed by atoms with E-state index in [1.807, 2.05) is 13.0 Å². The molecule has 1 N–H and O–H groups in total. The first kappa shape index (κ1) is 8.94. The van der Waals surface area contributed by atoms with E-state index in [4.69, 9.17) is 0 Å². The molecule has 3 heteroatoms. The van der Waals surface area contributed by atoms with Crippen molar-refractivity contribution < 1.29 is 4.39 Å². The Hall–Kier alpha value is -1.64. The van der Waals surface area contributed by atoms with Gasteiger partial charge >= 0.3 is 0 Å². The summed E-state index contributed by atoms with van der Waals surface area (Å²) in [7, 11) is 0. The lowest BCUT2D eigenvalue weighted by atomic mass is 10.0. The van der Waals surface area contributed by atoms with Crippen molar-refractivity contribution in [1.82, 2.24) is 9.97 Å². The van der Waals surface area contributed by atoms with Gasteiger partial charge in [-0.3, -0.25) is 0 Å². The Morgan fingerprint density at radius 3 is 2.93 bits per heavy atom. The second-order valence-corrected chi connectivity index (χ2v) is 3.08. The molecule has 0 radical (unpaired) electrons. The maximum Gasteiger partial charge on any atom is 0.132 e. The zero-order chi connectivity index (χ0) is 9.97. The third-order valence-corrected chi connectivity index (χ3v) is 2.24. The van der Waals surface area contributed by atoms with Crippen molar-refractivity contribution in [3.05, 3.63) is 42.1 Å². The molecule has 0 unspecified atom stereocenters. The summed E-state index contributed by atoms with van der Waals surface area (Å²) < 4.78 is 13.5. The highest BCUT2D eigenvalue weighted by molar-refractivity contribution is 5.63. The number of halogens is 1. The Kier molecular flexibility index (Phi) is 2.31. The lowest BCUT2D eigenvalue weighted by molar-refractivity contribution is 0.629. The average Bonchev–Trinajstić information content (AvgIpc) is 2.70. The molecular weight excluding hydrogens is 179 g/mol. The number of H-pyrrole nitrogens is 1. The molecule has 72 valence electrons. The van der Waals surface area contributed by atoms with E-state index < -0.39 is 0 Å². The monoisotopic (exact) mass is 190 g/mol. The molecule has 2 nitrogen and oxygen atoms in total. The number of hydrogen-bond donors (Lipinski definition) is 1. The number of hydrogen-bond acceptors (Lipinski definition) is 1. The van der Waals surface area contributed by atoms with E-state index in [0.717, 1.165) is 12.0 Å². The Morgan fingerprint density at radius 2 is 2.29 bits per heavy atom. The van der Waals surface area contributed by atoms with E-state index >= 15 is 0 Å². The zero-order valence-corrected chi connectivity index (χ0v) is 7.92. The van der Waals surface area contributed by atoms with Crippen LogP contribution in [0.2, 0.25) is 0 Å². The van der Waals surface area contributed by atoms with Gasteiger partial charge in [0.2, 0.25) is 0 Å². The molecule has 0 aliphatic carbocycles. The highest BCUT2D eigenvalue weighted by Gasteiger charge is 2.10. The van der Waals surface area contributed by atoms with E-state index in [1.54, 1.807) is 18.6 Å². The Bertz CT molecular complexity index is 421. The van der Waals surface area contributed by atoms with E-state index in [9.17, 15) is 4.39 Å². The van der Waals surface area contributed by atoms with Gasteiger partial charge in [0.1, 0.15) is 5.82 Å². The van der Waals surface area contributed by atoms with Crippen molar-refractivity contribution in [3.63, 3.8) is 0 Å². The van der Waals surface area contributed by atoms with E-state index in [2.05, 4.69) is 9.97 Å². The molecule has 1 aromatic heterocycles. The average molecular weight is 190 g/mol. The molecule has 0 spiro atoms. The minimum Gasteiger partial charge on any atom is -0.351 e. The van der Waals surface area contributed by atoms with Gasteiger partial charge in [-0.15, -0.1) is 0 Å². The maximum atomic E-state index is 13.5. The Labute approximate surface area is 81.8 Å². The van der Waals surface area contributed by atoms with Gasteiger partial charge in [0, 0.05) is 11.8 Å². The van der Waals surface area contributed by atoms with Gasteiger partial charge in [0.15, 0.2) is 0 Å². The molecule has 0 atom stereocenters. The number of rotatable bonds is 2. The van der Waals surface area contributed by atoms with Crippen LogP contribution >= 0.6 is 0 Å². The molecule has 2 aromatic rings. The highest BCUT2D eigenvalue weighted by Crippen LogP contribution is 2.24. The van der Waals surface area contributed by atoms with Crippen molar-refractivity contribution in [2.24, 2.45) is 0 Å². The third kappa shape index (κ3) is 1.41. The van der Waals surface area contributed by atoms with Gasteiger partial charge < -0.3 is 4.98 Å². The number of nitrogens with zero attached hydrogens (tertiary/aromatic N) is 1. The highest BCUT2D eigenvalue weighted by atomic mass is 19.1. The van der Waals surface area contributed by atoms with Crippen LogP contribution in [0.15, 0.2) is 30.7 Å². The van der Waals surface area contributed by atoms with Crippen LogP contribution in [0, 0.1) is 5.82 Å². The number of aromatic nitrogens is 2. The topological polar surface area (TPSA) is 28.7 Å². The third-order valence-electron chi connectivity index (χ3n) is 2.24. The Balaban J connectivity index is 2.61. The van der Waals surface area contributed by atoms with Crippen LogP contribution in [0.1, 0.15) is 12.5 Å². The molecule has 0 saturated heterocycles. The molecular formula is C11H11FN2. The van der Waals surface area contributed by atoms with Crippen molar-refractivity contribution in [1.29, 1.82) is 0 Å². The first-order valence-corrected chi connectivity index (χ1v) is 4.59. The SMILES string of the molecule is CCc1cccc(F)c1-c1c[nH]cn1. The summed E-state index contributed by atoms with van der Waals surface area (Å²) in [5.74, 6) is -0.212. The predicted octanol–water partition coefficient (Wildman–Crippen LogP) is 2.78. The van der Waals surface area contributed by atoms with Crippen molar-refractivity contribution >= 4 is 0 Å². The van der Waals surface area contributed by atoms with Gasteiger partial charge in [-0.1, -0.05) is 19.1 Å². The predicted molar refractivity (Wildman–Crippen MR) is 53.4 cm³/mol. The van der Waals surface area contributed by atoms with Gasteiger partial charge in [-0.25, -0.2) is 9.37 Å².